The first-order valence-electron chi connectivity index (χ1n) is 7.26. The average molecular weight is 303 g/mol. The van der Waals surface area contributed by atoms with Gasteiger partial charge in [-0.15, -0.1) is 0 Å². The van der Waals surface area contributed by atoms with Gasteiger partial charge in [-0.3, -0.25) is 13.9 Å². The molecule has 0 aliphatic carbocycles. The molecule has 0 saturated carbocycles. The Morgan fingerprint density at radius 3 is 2.68 bits per heavy atom. The summed E-state index contributed by atoms with van der Waals surface area (Å²) in [6, 6.07) is 6.26. The van der Waals surface area contributed by atoms with Crippen molar-refractivity contribution in [3.63, 3.8) is 0 Å². The summed E-state index contributed by atoms with van der Waals surface area (Å²) in [7, 11) is 3.13. The summed E-state index contributed by atoms with van der Waals surface area (Å²) in [5.41, 5.74) is 1.96. The third kappa shape index (κ3) is 2.45. The molecular weight excluding hydrogens is 285 g/mol. The first-order chi connectivity index (χ1) is 10.5. The van der Waals surface area contributed by atoms with E-state index in [2.05, 4.69) is 4.90 Å². The fraction of sp³-hybridized carbons (Fsp3) is 0.375. The summed E-state index contributed by atoms with van der Waals surface area (Å²) in [5, 5.41) is 0. The minimum absolute atomic E-state index is 0.235. The second-order valence-electron chi connectivity index (χ2n) is 5.67. The predicted octanol–water partition coefficient (Wildman–Crippen LogP) is 1.18. The monoisotopic (exact) mass is 303 g/mol. The Balaban J connectivity index is 1.99. The Hall–Kier alpha value is -2.37. The van der Waals surface area contributed by atoms with Gasteiger partial charge in [0.2, 0.25) is 0 Å². The molecule has 1 aromatic carbocycles. The molecule has 2 heterocycles. The minimum Gasteiger partial charge on any atom is -0.365 e. The Morgan fingerprint density at radius 1 is 1.14 bits per heavy atom. The van der Waals surface area contributed by atoms with Gasteiger partial charge in [0.15, 0.2) is 0 Å². The van der Waals surface area contributed by atoms with Crippen molar-refractivity contribution in [1.29, 1.82) is 0 Å². The molecule has 1 aliphatic heterocycles. The summed E-state index contributed by atoms with van der Waals surface area (Å²) in [6.07, 6.45) is 1.77. The van der Waals surface area contributed by atoms with Gasteiger partial charge in [0.1, 0.15) is 5.82 Å². The van der Waals surface area contributed by atoms with Crippen LogP contribution < -0.4 is 16.1 Å². The van der Waals surface area contributed by atoms with Crippen molar-refractivity contribution in [3.05, 3.63) is 62.2 Å². The van der Waals surface area contributed by atoms with E-state index in [-0.39, 0.29) is 17.1 Å². The lowest BCUT2D eigenvalue weighted by Gasteiger charge is -2.31. The number of rotatable bonds is 2. The van der Waals surface area contributed by atoms with Crippen molar-refractivity contribution >= 4 is 5.69 Å². The van der Waals surface area contributed by atoms with Crippen molar-refractivity contribution < 1.29 is 4.39 Å². The average Bonchev–Trinajstić information content (AvgIpc) is 2.50. The Kier molecular flexibility index (Phi) is 3.60. The quantitative estimate of drug-likeness (QED) is 0.837. The van der Waals surface area contributed by atoms with Crippen molar-refractivity contribution in [3.8, 4) is 0 Å². The number of hydrogen-bond donors (Lipinski definition) is 0. The van der Waals surface area contributed by atoms with E-state index in [1.54, 1.807) is 19.2 Å². The van der Waals surface area contributed by atoms with Crippen molar-refractivity contribution in [1.82, 2.24) is 9.13 Å². The highest BCUT2D eigenvalue weighted by Crippen LogP contribution is 2.28. The molecule has 1 aromatic heterocycles. The van der Waals surface area contributed by atoms with Gasteiger partial charge in [-0.05, 0) is 36.6 Å². The zero-order valence-electron chi connectivity index (χ0n) is 12.7. The fourth-order valence-corrected chi connectivity index (χ4v) is 2.93. The third-order valence-corrected chi connectivity index (χ3v) is 4.23. The van der Waals surface area contributed by atoms with Gasteiger partial charge in [0.25, 0.3) is 5.56 Å². The summed E-state index contributed by atoms with van der Waals surface area (Å²) in [4.78, 5) is 25.9. The summed E-state index contributed by atoms with van der Waals surface area (Å²) in [5.74, 6) is -0.235. The number of anilines is 1. The third-order valence-electron chi connectivity index (χ3n) is 4.23. The van der Waals surface area contributed by atoms with E-state index in [4.69, 9.17) is 0 Å². The SMILES string of the molecule is Cn1c(CN2CCCc3cc(F)ccc32)cc(=O)n(C)c1=O. The maximum atomic E-state index is 13.4. The second kappa shape index (κ2) is 5.44. The topological polar surface area (TPSA) is 47.2 Å². The largest absolute Gasteiger partial charge is 0.365 e. The first-order valence-corrected chi connectivity index (χ1v) is 7.26. The maximum Gasteiger partial charge on any atom is 0.330 e. The molecule has 0 N–H and O–H groups in total. The highest BCUT2D eigenvalue weighted by molar-refractivity contribution is 5.55. The molecule has 116 valence electrons. The molecule has 0 bridgehead atoms. The number of hydrogen-bond acceptors (Lipinski definition) is 3. The maximum absolute atomic E-state index is 13.4. The van der Waals surface area contributed by atoms with Crippen LogP contribution in [0.3, 0.4) is 0 Å². The van der Waals surface area contributed by atoms with Gasteiger partial charge in [-0.2, -0.15) is 0 Å². The van der Waals surface area contributed by atoms with Crippen LogP contribution >= 0.6 is 0 Å². The number of nitrogens with zero attached hydrogens (tertiary/aromatic N) is 3. The van der Waals surface area contributed by atoms with E-state index in [1.165, 1.54) is 23.7 Å². The van der Waals surface area contributed by atoms with Crippen LogP contribution in [-0.2, 0) is 27.1 Å². The fourth-order valence-electron chi connectivity index (χ4n) is 2.93. The number of aryl methyl sites for hydroxylation is 1. The lowest BCUT2D eigenvalue weighted by molar-refractivity contribution is 0.605. The van der Waals surface area contributed by atoms with Crippen LogP contribution in [0.1, 0.15) is 17.7 Å². The molecule has 0 unspecified atom stereocenters. The molecule has 0 spiro atoms. The number of halogens is 1. The zero-order chi connectivity index (χ0) is 15.9. The molecule has 0 amide bonds. The van der Waals surface area contributed by atoms with Gasteiger partial charge in [0.05, 0.1) is 6.54 Å². The molecule has 2 aromatic rings. The van der Waals surface area contributed by atoms with Crippen LogP contribution in [0.2, 0.25) is 0 Å². The summed E-state index contributed by atoms with van der Waals surface area (Å²) >= 11 is 0. The molecule has 0 atom stereocenters. The molecular formula is C16H18FN3O2. The normalized spacial score (nSPS) is 14.0. The van der Waals surface area contributed by atoms with Crippen LogP contribution in [0, 0.1) is 5.82 Å². The smallest absolute Gasteiger partial charge is 0.330 e. The molecule has 1 aliphatic rings. The molecule has 0 radical (unpaired) electrons. The van der Waals surface area contributed by atoms with Gasteiger partial charge in [0, 0.05) is 38.1 Å². The molecule has 3 rings (SSSR count). The van der Waals surface area contributed by atoms with Gasteiger partial charge < -0.3 is 4.90 Å². The number of aromatic nitrogens is 2. The van der Waals surface area contributed by atoms with Crippen molar-refractivity contribution in [2.45, 2.75) is 19.4 Å². The Labute approximate surface area is 127 Å². The van der Waals surface area contributed by atoms with E-state index in [0.29, 0.717) is 12.2 Å². The highest BCUT2D eigenvalue weighted by atomic mass is 19.1. The van der Waals surface area contributed by atoms with Gasteiger partial charge in [-0.1, -0.05) is 0 Å². The second-order valence-corrected chi connectivity index (χ2v) is 5.67. The van der Waals surface area contributed by atoms with Crippen molar-refractivity contribution in [2.24, 2.45) is 14.1 Å². The van der Waals surface area contributed by atoms with Crippen LogP contribution in [0.4, 0.5) is 10.1 Å². The van der Waals surface area contributed by atoms with E-state index < -0.39 is 0 Å². The molecule has 5 nitrogen and oxygen atoms in total. The number of fused-ring (bicyclic) bond motifs is 1. The van der Waals surface area contributed by atoms with Crippen molar-refractivity contribution in [2.75, 3.05) is 11.4 Å². The van der Waals surface area contributed by atoms with Gasteiger partial charge >= 0.3 is 5.69 Å². The molecule has 6 heteroatoms. The lowest BCUT2D eigenvalue weighted by atomic mass is 10.0. The van der Waals surface area contributed by atoms with E-state index in [1.807, 2.05) is 0 Å². The van der Waals surface area contributed by atoms with Gasteiger partial charge in [-0.25, -0.2) is 9.18 Å². The van der Waals surface area contributed by atoms with E-state index in [9.17, 15) is 14.0 Å². The predicted molar refractivity (Wildman–Crippen MR) is 82.7 cm³/mol. The first kappa shape index (κ1) is 14.6. The Morgan fingerprint density at radius 2 is 1.91 bits per heavy atom. The standard InChI is InChI=1S/C16H18FN3O2/c1-18-13(9-15(21)19(2)16(18)22)10-20-7-3-4-11-8-12(17)5-6-14(11)20/h5-6,8-9H,3-4,7,10H2,1-2H3. The summed E-state index contributed by atoms with van der Waals surface area (Å²) < 4.78 is 15.9. The Bertz CT molecular complexity index is 838. The van der Waals surface area contributed by atoms with Crippen LogP contribution in [0.25, 0.3) is 0 Å². The van der Waals surface area contributed by atoms with Crippen LogP contribution in [0.5, 0.6) is 0 Å². The van der Waals surface area contributed by atoms with E-state index in [0.717, 1.165) is 35.2 Å². The molecule has 0 fully saturated rings. The zero-order valence-corrected chi connectivity index (χ0v) is 12.7. The molecule has 22 heavy (non-hydrogen) atoms. The highest BCUT2D eigenvalue weighted by Gasteiger charge is 2.19. The lowest BCUT2D eigenvalue weighted by Crippen LogP contribution is -2.40. The minimum atomic E-state index is -0.334. The van der Waals surface area contributed by atoms with E-state index >= 15 is 0 Å². The van der Waals surface area contributed by atoms with Crippen LogP contribution in [0.15, 0.2) is 33.9 Å². The molecule has 0 saturated heterocycles. The number of benzene rings is 1. The van der Waals surface area contributed by atoms with Crippen LogP contribution in [-0.4, -0.2) is 15.7 Å². The summed E-state index contributed by atoms with van der Waals surface area (Å²) in [6.45, 7) is 1.28.